The Kier molecular flexibility index (Phi) is 5.18. The maximum absolute atomic E-state index is 12.0. The molecule has 1 unspecified atom stereocenters. The summed E-state index contributed by atoms with van der Waals surface area (Å²) >= 11 is 3.40. The third-order valence-electron chi connectivity index (χ3n) is 3.54. The van der Waals surface area contributed by atoms with Crippen molar-refractivity contribution >= 4 is 27.5 Å². The number of hydrogen-bond acceptors (Lipinski definition) is 3. The summed E-state index contributed by atoms with van der Waals surface area (Å²) < 4.78 is 0.998. The molecule has 0 heterocycles. The van der Waals surface area contributed by atoms with E-state index >= 15 is 0 Å². The molecule has 0 radical (unpaired) electrons. The number of halogens is 1. The van der Waals surface area contributed by atoms with E-state index in [1.165, 1.54) is 0 Å². The van der Waals surface area contributed by atoms with Crippen LogP contribution in [0.1, 0.15) is 18.4 Å². The molecule has 0 aliphatic heterocycles. The van der Waals surface area contributed by atoms with Crippen LogP contribution in [0.2, 0.25) is 0 Å². The monoisotopic (exact) mass is 340 g/mol. The fourth-order valence-corrected chi connectivity index (χ4v) is 2.69. The predicted octanol–water partition coefficient (Wildman–Crippen LogP) is 2.40. The first-order valence-corrected chi connectivity index (χ1v) is 7.67. The SMILES string of the molecule is Cc1cc(Br)ccc1NC(=O)CN(C)CC(O)C1CC1. The van der Waals surface area contributed by atoms with E-state index in [2.05, 4.69) is 21.2 Å². The molecule has 4 nitrogen and oxygen atoms in total. The molecule has 1 aliphatic rings. The van der Waals surface area contributed by atoms with E-state index in [0.717, 1.165) is 28.6 Å². The van der Waals surface area contributed by atoms with Crippen molar-refractivity contribution in [2.75, 3.05) is 25.5 Å². The molecular formula is C15H21BrN2O2. The predicted molar refractivity (Wildman–Crippen MR) is 83.7 cm³/mol. The summed E-state index contributed by atoms with van der Waals surface area (Å²) in [6, 6.07) is 5.76. The van der Waals surface area contributed by atoms with Crippen molar-refractivity contribution in [1.29, 1.82) is 0 Å². The molecule has 0 saturated heterocycles. The molecule has 5 heteroatoms. The number of likely N-dealkylation sites (N-methyl/N-ethyl adjacent to an activating group) is 1. The minimum absolute atomic E-state index is 0.0547. The molecule has 1 aromatic rings. The lowest BCUT2D eigenvalue weighted by molar-refractivity contribution is -0.117. The van der Waals surface area contributed by atoms with Crippen LogP contribution in [0.25, 0.3) is 0 Å². The van der Waals surface area contributed by atoms with Gasteiger partial charge in [0.05, 0.1) is 12.6 Å². The number of aliphatic hydroxyl groups is 1. The number of hydrogen-bond donors (Lipinski definition) is 2. The van der Waals surface area contributed by atoms with Crippen LogP contribution in [0.15, 0.2) is 22.7 Å². The lowest BCUT2D eigenvalue weighted by Crippen LogP contribution is -2.36. The van der Waals surface area contributed by atoms with Gasteiger partial charge in [0.1, 0.15) is 0 Å². The van der Waals surface area contributed by atoms with E-state index in [-0.39, 0.29) is 12.0 Å². The molecule has 1 amide bonds. The van der Waals surface area contributed by atoms with Gasteiger partial charge in [0.15, 0.2) is 0 Å². The second-order valence-corrected chi connectivity index (χ2v) is 6.52. The van der Waals surface area contributed by atoms with Gasteiger partial charge in [-0.15, -0.1) is 0 Å². The molecule has 1 fully saturated rings. The average Bonchev–Trinajstić information content (AvgIpc) is 3.16. The van der Waals surface area contributed by atoms with Crippen molar-refractivity contribution in [3.63, 3.8) is 0 Å². The van der Waals surface area contributed by atoms with Gasteiger partial charge in [0.2, 0.25) is 5.91 Å². The van der Waals surface area contributed by atoms with E-state index in [1.807, 2.05) is 37.1 Å². The van der Waals surface area contributed by atoms with Crippen LogP contribution in [-0.4, -0.2) is 42.2 Å². The van der Waals surface area contributed by atoms with E-state index < -0.39 is 0 Å². The Balaban J connectivity index is 1.81. The Bertz CT molecular complexity index is 489. The summed E-state index contributed by atoms with van der Waals surface area (Å²) in [4.78, 5) is 13.8. The van der Waals surface area contributed by atoms with Gasteiger partial charge in [-0.2, -0.15) is 0 Å². The summed E-state index contributed by atoms with van der Waals surface area (Å²) in [7, 11) is 1.86. The topological polar surface area (TPSA) is 52.6 Å². The number of rotatable bonds is 6. The van der Waals surface area contributed by atoms with Crippen molar-refractivity contribution in [2.45, 2.75) is 25.9 Å². The second kappa shape index (κ2) is 6.70. The van der Waals surface area contributed by atoms with Crippen molar-refractivity contribution < 1.29 is 9.90 Å². The highest BCUT2D eigenvalue weighted by Gasteiger charge is 2.30. The van der Waals surface area contributed by atoms with E-state index in [1.54, 1.807) is 0 Å². The van der Waals surface area contributed by atoms with E-state index in [9.17, 15) is 9.90 Å². The number of amides is 1. The molecule has 0 aromatic heterocycles. The zero-order valence-corrected chi connectivity index (χ0v) is 13.5. The standard InChI is InChI=1S/C15H21BrN2O2/c1-10-7-12(16)5-6-13(10)17-15(20)9-18(2)8-14(19)11-3-4-11/h5-7,11,14,19H,3-4,8-9H2,1-2H3,(H,17,20). The van der Waals surface area contributed by atoms with Crippen LogP contribution < -0.4 is 5.32 Å². The first-order valence-electron chi connectivity index (χ1n) is 6.88. The van der Waals surface area contributed by atoms with Crippen molar-refractivity contribution in [3.05, 3.63) is 28.2 Å². The number of aliphatic hydroxyl groups excluding tert-OH is 1. The van der Waals surface area contributed by atoms with Crippen LogP contribution in [0.4, 0.5) is 5.69 Å². The fourth-order valence-electron chi connectivity index (χ4n) is 2.22. The lowest BCUT2D eigenvalue weighted by Gasteiger charge is -2.20. The molecule has 0 spiro atoms. The number of nitrogens with one attached hydrogen (secondary N) is 1. The molecule has 2 N–H and O–H groups in total. The fraction of sp³-hybridized carbons (Fsp3) is 0.533. The smallest absolute Gasteiger partial charge is 0.238 e. The number of carbonyl (C=O) groups is 1. The number of carbonyl (C=O) groups excluding carboxylic acids is 1. The first kappa shape index (κ1) is 15.5. The van der Waals surface area contributed by atoms with Gasteiger partial charge in [-0.25, -0.2) is 0 Å². The Morgan fingerprint density at radius 1 is 1.55 bits per heavy atom. The van der Waals surface area contributed by atoms with Crippen LogP contribution in [0.3, 0.4) is 0 Å². The minimum Gasteiger partial charge on any atom is -0.392 e. The summed E-state index contributed by atoms with van der Waals surface area (Å²) in [5, 5.41) is 12.8. The van der Waals surface area contributed by atoms with E-state index in [0.29, 0.717) is 19.0 Å². The van der Waals surface area contributed by atoms with Gasteiger partial charge >= 0.3 is 0 Å². The maximum Gasteiger partial charge on any atom is 0.238 e. The quantitative estimate of drug-likeness (QED) is 0.835. The molecule has 2 rings (SSSR count). The molecule has 110 valence electrons. The zero-order chi connectivity index (χ0) is 14.7. The first-order chi connectivity index (χ1) is 9.45. The third-order valence-corrected chi connectivity index (χ3v) is 4.03. The highest BCUT2D eigenvalue weighted by molar-refractivity contribution is 9.10. The van der Waals surface area contributed by atoms with Gasteiger partial charge in [-0.05, 0) is 56.5 Å². The highest BCUT2D eigenvalue weighted by Crippen LogP contribution is 2.32. The molecule has 1 aliphatic carbocycles. The summed E-state index contributed by atoms with van der Waals surface area (Å²) in [5.41, 5.74) is 1.85. The maximum atomic E-state index is 12.0. The van der Waals surface area contributed by atoms with Crippen molar-refractivity contribution in [3.8, 4) is 0 Å². The number of benzene rings is 1. The molecule has 1 aromatic carbocycles. The van der Waals surface area contributed by atoms with Crippen molar-refractivity contribution in [1.82, 2.24) is 4.90 Å². The Labute approximate surface area is 128 Å². The highest BCUT2D eigenvalue weighted by atomic mass is 79.9. The van der Waals surface area contributed by atoms with Gasteiger partial charge < -0.3 is 10.4 Å². The zero-order valence-electron chi connectivity index (χ0n) is 11.9. The van der Waals surface area contributed by atoms with Gasteiger partial charge in [0.25, 0.3) is 0 Å². The molecule has 1 atom stereocenters. The van der Waals surface area contributed by atoms with Crippen LogP contribution >= 0.6 is 15.9 Å². The Morgan fingerprint density at radius 3 is 2.85 bits per heavy atom. The largest absolute Gasteiger partial charge is 0.392 e. The average molecular weight is 341 g/mol. The summed E-state index contributed by atoms with van der Waals surface area (Å²) in [5.74, 6) is 0.384. The normalized spacial score (nSPS) is 16.2. The molecule has 1 saturated carbocycles. The molecule has 20 heavy (non-hydrogen) atoms. The summed E-state index contributed by atoms with van der Waals surface area (Å²) in [6.45, 7) is 2.80. The third kappa shape index (κ3) is 4.58. The lowest BCUT2D eigenvalue weighted by atomic mass is 10.2. The number of aryl methyl sites for hydroxylation is 1. The summed E-state index contributed by atoms with van der Waals surface area (Å²) in [6.07, 6.45) is 1.92. The van der Waals surface area contributed by atoms with Crippen LogP contribution in [0.5, 0.6) is 0 Å². The number of nitrogens with zero attached hydrogens (tertiary/aromatic N) is 1. The minimum atomic E-state index is -0.304. The van der Waals surface area contributed by atoms with Gasteiger partial charge in [-0.1, -0.05) is 15.9 Å². The Morgan fingerprint density at radius 2 is 2.25 bits per heavy atom. The second-order valence-electron chi connectivity index (χ2n) is 5.61. The molecular weight excluding hydrogens is 320 g/mol. The van der Waals surface area contributed by atoms with E-state index in [4.69, 9.17) is 0 Å². The number of anilines is 1. The van der Waals surface area contributed by atoms with Crippen molar-refractivity contribution in [2.24, 2.45) is 5.92 Å². The van der Waals surface area contributed by atoms with Crippen LogP contribution in [-0.2, 0) is 4.79 Å². The van der Waals surface area contributed by atoms with Gasteiger partial charge in [-0.3, -0.25) is 9.69 Å². The molecule has 0 bridgehead atoms. The van der Waals surface area contributed by atoms with Gasteiger partial charge in [0, 0.05) is 16.7 Å². The Hall–Kier alpha value is -0.910. The van der Waals surface area contributed by atoms with Crippen LogP contribution in [0, 0.1) is 12.8 Å².